The number of rotatable bonds is 2. The van der Waals surface area contributed by atoms with Crippen LogP contribution < -0.4 is 4.84 Å². The molecule has 0 amide bonds. The van der Waals surface area contributed by atoms with E-state index in [0.717, 1.165) is 21.5 Å². The molecule has 0 radical (unpaired) electrons. The van der Waals surface area contributed by atoms with Crippen LogP contribution in [0.4, 0.5) is 0 Å². The van der Waals surface area contributed by atoms with Gasteiger partial charge in [-0.2, -0.15) is 0 Å². The summed E-state index contributed by atoms with van der Waals surface area (Å²) in [5.41, 5.74) is 0.324. The molecule has 0 fully saturated rings. The van der Waals surface area contributed by atoms with E-state index < -0.39 is 5.97 Å². The Bertz CT molecular complexity index is 1060. The first-order valence-corrected chi connectivity index (χ1v) is 7.37. The Morgan fingerprint density at radius 3 is 2.00 bits per heavy atom. The fourth-order valence-electron chi connectivity index (χ4n) is 2.70. The number of fused-ring (bicyclic) bond motifs is 2. The molecule has 5 nitrogen and oxygen atoms in total. The van der Waals surface area contributed by atoms with E-state index >= 15 is 0 Å². The largest absolute Gasteiger partial charge is 0.492 e. The highest BCUT2D eigenvalue weighted by Crippen LogP contribution is 2.24. The third-order valence-corrected chi connectivity index (χ3v) is 3.91. The van der Waals surface area contributed by atoms with Crippen LogP contribution in [0.1, 0.15) is 10.4 Å². The second-order valence-electron chi connectivity index (χ2n) is 5.48. The van der Waals surface area contributed by atoms with Crippen molar-refractivity contribution in [3.8, 4) is 11.8 Å². The molecule has 4 rings (SSSR count). The zero-order chi connectivity index (χ0) is 16.7. The summed E-state index contributed by atoms with van der Waals surface area (Å²) in [6, 6.07) is 19.7. The monoisotopic (exact) mass is 319 g/mol. The molecule has 0 atom stereocenters. The molecule has 1 heterocycles. The maximum atomic E-state index is 12.3. The number of carbonyl (C=O) groups is 1. The van der Waals surface area contributed by atoms with E-state index in [-0.39, 0.29) is 11.8 Å². The van der Waals surface area contributed by atoms with Gasteiger partial charge in [-0.15, -0.1) is 4.73 Å². The molecule has 0 unspecified atom stereocenters. The molecule has 0 saturated heterocycles. The standard InChI is InChI=1S/C19H13NO4/c21-17-7-8-18(22)20(17)24-19(23)15-6-5-14-9-12-3-1-2-4-13(12)10-16(14)11-15/h1-11,21-22H. The average molecular weight is 319 g/mol. The second kappa shape index (κ2) is 5.31. The lowest BCUT2D eigenvalue weighted by Crippen LogP contribution is -2.19. The first kappa shape index (κ1) is 14.1. The molecule has 1 aromatic heterocycles. The predicted molar refractivity (Wildman–Crippen MR) is 90.1 cm³/mol. The lowest BCUT2D eigenvalue weighted by molar-refractivity contribution is 0.0382. The summed E-state index contributed by atoms with van der Waals surface area (Å²) >= 11 is 0. The Hall–Kier alpha value is -3.47. The summed E-state index contributed by atoms with van der Waals surface area (Å²) in [5.74, 6) is -1.38. The van der Waals surface area contributed by atoms with Crippen molar-refractivity contribution in [2.45, 2.75) is 0 Å². The van der Waals surface area contributed by atoms with E-state index in [4.69, 9.17) is 4.84 Å². The molecule has 3 aromatic carbocycles. The summed E-state index contributed by atoms with van der Waals surface area (Å²) in [7, 11) is 0. The lowest BCUT2D eigenvalue weighted by atomic mass is 10.0. The quantitative estimate of drug-likeness (QED) is 0.555. The van der Waals surface area contributed by atoms with E-state index in [1.165, 1.54) is 12.1 Å². The van der Waals surface area contributed by atoms with Crippen molar-refractivity contribution < 1.29 is 19.8 Å². The molecule has 0 aliphatic rings. The number of hydrogen-bond donors (Lipinski definition) is 2. The lowest BCUT2D eigenvalue weighted by Gasteiger charge is -2.08. The SMILES string of the molecule is O=C(On1c(O)ccc1O)c1ccc2cc3ccccc3cc2c1. The molecule has 0 bridgehead atoms. The molecular formula is C19H13NO4. The van der Waals surface area contributed by atoms with Gasteiger partial charge in [0.15, 0.2) is 0 Å². The fourth-order valence-corrected chi connectivity index (χ4v) is 2.70. The topological polar surface area (TPSA) is 71.7 Å². The van der Waals surface area contributed by atoms with Crippen molar-refractivity contribution in [3.63, 3.8) is 0 Å². The smallest absolute Gasteiger partial charge is 0.363 e. The summed E-state index contributed by atoms with van der Waals surface area (Å²) in [6.07, 6.45) is 0. The van der Waals surface area contributed by atoms with Gasteiger partial charge in [-0.05, 0) is 45.8 Å². The van der Waals surface area contributed by atoms with Gasteiger partial charge in [0.1, 0.15) is 0 Å². The van der Waals surface area contributed by atoms with Gasteiger partial charge in [0.2, 0.25) is 11.8 Å². The maximum Gasteiger partial charge on any atom is 0.363 e. The molecule has 5 heteroatoms. The van der Waals surface area contributed by atoms with Crippen LogP contribution in [0.15, 0.2) is 66.7 Å². The number of aromatic hydroxyl groups is 2. The number of carbonyl (C=O) groups excluding carboxylic acids is 1. The van der Waals surface area contributed by atoms with E-state index in [2.05, 4.69) is 6.07 Å². The Kier molecular flexibility index (Phi) is 3.13. The van der Waals surface area contributed by atoms with Crippen LogP contribution in [0.2, 0.25) is 0 Å². The van der Waals surface area contributed by atoms with Crippen LogP contribution in [-0.2, 0) is 0 Å². The van der Waals surface area contributed by atoms with Gasteiger partial charge in [0.25, 0.3) is 0 Å². The Morgan fingerprint density at radius 1 is 0.750 bits per heavy atom. The second-order valence-corrected chi connectivity index (χ2v) is 5.48. The number of nitrogens with zero attached hydrogens (tertiary/aromatic N) is 1. The van der Waals surface area contributed by atoms with Gasteiger partial charge in [-0.1, -0.05) is 30.3 Å². The van der Waals surface area contributed by atoms with Crippen molar-refractivity contribution in [1.29, 1.82) is 0 Å². The van der Waals surface area contributed by atoms with Crippen LogP contribution in [0, 0.1) is 0 Å². The summed E-state index contributed by atoms with van der Waals surface area (Å²) in [6.45, 7) is 0. The van der Waals surface area contributed by atoms with Crippen molar-refractivity contribution in [3.05, 3.63) is 72.3 Å². The number of aromatic nitrogens is 1. The maximum absolute atomic E-state index is 12.3. The minimum Gasteiger partial charge on any atom is -0.492 e. The molecule has 2 N–H and O–H groups in total. The van der Waals surface area contributed by atoms with Crippen molar-refractivity contribution in [1.82, 2.24) is 4.73 Å². The summed E-state index contributed by atoms with van der Waals surface area (Å²) in [5, 5.41) is 23.2. The fraction of sp³-hybridized carbons (Fsp3) is 0. The van der Waals surface area contributed by atoms with Crippen LogP contribution in [0.25, 0.3) is 21.5 Å². The van der Waals surface area contributed by atoms with Crippen LogP contribution >= 0.6 is 0 Å². The highest BCUT2D eigenvalue weighted by Gasteiger charge is 2.14. The minimum absolute atomic E-state index is 0.324. The Balaban J connectivity index is 1.74. The first-order chi connectivity index (χ1) is 11.6. The number of benzene rings is 3. The molecular weight excluding hydrogens is 306 g/mol. The molecule has 0 spiro atoms. The van der Waals surface area contributed by atoms with Gasteiger partial charge < -0.3 is 15.1 Å². The molecule has 24 heavy (non-hydrogen) atoms. The molecule has 4 aromatic rings. The van der Waals surface area contributed by atoms with E-state index in [9.17, 15) is 15.0 Å². The summed E-state index contributed by atoms with van der Waals surface area (Å²) < 4.78 is 0.674. The van der Waals surface area contributed by atoms with Gasteiger partial charge in [-0.25, -0.2) is 4.79 Å². The van der Waals surface area contributed by atoms with Crippen molar-refractivity contribution in [2.24, 2.45) is 0 Å². The van der Waals surface area contributed by atoms with Gasteiger partial charge >= 0.3 is 5.97 Å². The van der Waals surface area contributed by atoms with Crippen LogP contribution in [-0.4, -0.2) is 20.9 Å². The third kappa shape index (κ3) is 2.32. The Morgan fingerprint density at radius 2 is 1.33 bits per heavy atom. The molecule has 0 saturated carbocycles. The van der Waals surface area contributed by atoms with Crippen LogP contribution in [0.5, 0.6) is 11.8 Å². The highest BCUT2D eigenvalue weighted by molar-refractivity contribution is 6.01. The van der Waals surface area contributed by atoms with E-state index in [0.29, 0.717) is 10.3 Å². The normalized spacial score (nSPS) is 11.0. The van der Waals surface area contributed by atoms with E-state index in [1.54, 1.807) is 12.1 Å². The van der Waals surface area contributed by atoms with Crippen LogP contribution in [0.3, 0.4) is 0 Å². The Labute approximate surface area is 136 Å². The van der Waals surface area contributed by atoms with E-state index in [1.807, 2.05) is 36.4 Å². The minimum atomic E-state index is -0.674. The van der Waals surface area contributed by atoms with Crippen molar-refractivity contribution >= 4 is 27.5 Å². The zero-order valence-electron chi connectivity index (χ0n) is 12.5. The number of hydrogen-bond acceptors (Lipinski definition) is 4. The highest BCUT2D eigenvalue weighted by atomic mass is 16.7. The first-order valence-electron chi connectivity index (χ1n) is 7.37. The average Bonchev–Trinajstić information content (AvgIpc) is 2.91. The summed E-state index contributed by atoms with van der Waals surface area (Å²) in [4.78, 5) is 17.3. The van der Waals surface area contributed by atoms with Gasteiger partial charge in [-0.3, -0.25) is 0 Å². The van der Waals surface area contributed by atoms with Gasteiger partial charge in [0.05, 0.1) is 5.56 Å². The van der Waals surface area contributed by atoms with Gasteiger partial charge in [0, 0.05) is 12.1 Å². The molecule has 0 aliphatic carbocycles. The predicted octanol–water partition coefficient (Wildman–Crippen LogP) is 3.47. The van der Waals surface area contributed by atoms with Crippen molar-refractivity contribution in [2.75, 3.05) is 0 Å². The zero-order valence-corrected chi connectivity index (χ0v) is 12.5. The molecule has 118 valence electrons. The molecule has 0 aliphatic heterocycles. The third-order valence-electron chi connectivity index (χ3n) is 3.91.